The summed E-state index contributed by atoms with van der Waals surface area (Å²) in [7, 11) is 0. The molecule has 0 aliphatic heterocycles. The average molecular weight is 265 g/mol. The summed E-state index contributed by atoms with van der Waals surface area (Å²) in [5, 5.41) is 16.5. The summed E-state index contributed by atoms with van der Waals surface area (Å²) >= 11 is 0. The van der Waals surface area contributed by atoms with E-state index in [4.69, 9.17) is 5.26 Å². The van der Waals surface area contributed by atoms with E-state index < -0.39 is 0 Å². The minimum absolute atomic E-state index is 0.146. The lowest BCUT2D eigenvalue weighted by molar-refractivity contribution is 0.401. The molecule has 1 heterocycles. The number of benzene rings is 1. The molecule has 3 nitrogen and oxygen atoms in total. The van der Waals surface area contributed by atoms with Crippen LogP contribution in [-0.2, 0) is 5.41 Å². The maximum absolute atomic E-state index is 9.05. The Kier molecular flexibility index (Phi) is 2.90. The number of fused-ring (bicyclic) bond motifs is 1. The molecule has 1 aliphatic rings. The molecule has 0 radical (unpaired) electrons. The number of hydrogen-bond donors (Lipinski definition) is 1. The second-order valence-electron chi connectivity index (χ2n) is 6.35. The number of aromatic amines is 1. The minimum atomic E-state index is 0.146. The highest BCUT2D eigenvalue weighted by atomic mass is 15.1. The van der Waals surface area contributed by atoms with Gasteiger partial charge in [-0.1, -0.05) is 26.0 Å². The lowest BCUT2D eigenvalue weighted by atomic mass is 9.70. The fourth-order valence-corrected chi connectivity index (χ4v) is 3.26. The molecule has 1 atom stereocenters. The Morgan fingerprint density at radius 1 is 1.40 bits per heavy atom. The first-order valence-corrected chi connectivity index (χ1v) is 7.08. The van der Waals surface area contributed by atoms with Crippen LogP contribution in [0.5, 0.6) is 0 Å². The van der Waals surface area contributed by atoms with E-state index in [9.17, 15) is 0 Å². The molecular weight excluding hydrogens is 246 g/mol. The molecule has 1 aromatic carbocycles. The predicted octanol–water partition coefficient (Wildman–Crippen LogP) is 3.79. The molecule has 3 rings (SSSR count). The lowest BCUT2D eigenvalue weighted by Gasteiger charge is -2.33. The van der Waals surface area contributed by atoms with Gasteiger partial charge < -0.3 is 0 Å². The molecule has 0 saturated heterocycles. The van der Waals surface area contributed by atoms with Gasteiger partial charge in [0, 0.05) is 23.1 Å². The molecule has 3 heteroatoms. The number of nitrogens with zero attached hydrogens (tertiary/aromatic N) is 2. The molecule has 1 aromatic heterocycles. The van der Waals surface area contributed by atoms with Crippen molar-refractivity contribution < 1.29 is 0 Å². The molecule has 102 valence electrons. The topological polar surface area (TPSA) is 52.5 Å². The van der Waals surface area contributed by atoms with Crippen LogP contribution in [-0.4, -0.2) is 10.2 Å². The molecule has 0 amide bonds. The Labute approximate surface area is 119 Å². The van der Waals surface area contributed by atoms with Crippen LogP contribution >= 0.6 is 0 Å². The van der Waals surface area contributed by atoms with Crippen molar-refractivity contribution in [3.05, 3.63) is 52.3 Å². The van der Waals surface area contributed by atoms with Crippen LogP contribution in [0, 0.1) is 18.3 Å². The zero-order valence-corrected chi connectivity index (χ0v) is 12.2. The van der Waals surface area contributed by atoms with E-state index in [2.05, 4.69) is 42.2 Å². The molecule has 0 saturated carbocycles. The molecule has 1 aliphatic carbocycles. The quantitative estimate of drug-likeness (QED) is 0.852. The molecule has 1 N–H and O–H groups in total. The van der Waals surface area contributed by atoms with Gasteiger partial charge in [0.1, 0.15) is 0 Å². The van der Waals surface area contributed by atoms with Crippen LogP contribution in [0.15, 0.2) is 24.4 Å². The summed E-state index contributed by atoms with van der Waals surface area (Å²) in [6.45, 7) is 6.52. The van der Waals surface area contributed by atoms with E-state index in [-0.39, 0.29) is 5.41 Å². The Bertz CT molecular complexity index is 689. The standard InChI is InChI=1S/C17H19N3/c1-11-8-12(4-5-13(11)9-18)14-6-7-17(2,3)16-15(14)10-19-20-16/h4-5,8,10,14H,6-7H2,1-3H3,(H,19,20). The van der Waals surface area contributed by atoms with Gasteiger partial charge in [-0.15, -0.1) is 0 Å². The van der Waals surface area contributed by atoms with E-state index in [0.29, 0.717) is 5.92 Å². The summed E-state index contributed by atoms with van der Waals surface area (Å²) in [6, 6.07) is 8.41. The Morgan fingerprint density at radius 3 is 2.90 bits per heavy atom. The summed E-state index contributed by atoms with van der Waals surface area (Å²) in [5.74, 6) is 0.392. The third kappa shape index (κ3) is 1.92. The fourth-order valence-electron chi connectivity index (χ4n) is 3.26. The van der Waals surface area contributed by atoms with Gasteiger partial charge in [0.2, 0.25) is 0 Å². The summed E-state index contributed by atoms with van der Waals surface area (Å²) in [4.78, 5) is 0. The van der Waals surface area contributed by atoms with E-state index in [1.807, 2.05) is 19.2 Å². The number of aryl methyl sites for hydroxylation is 1. The van der Waals surface area contributed by atoms with Gasteiger partial charge in [0.05, 0.1) is 17.3 Å². The van der Waals surface area contributed by atoms with Crippen molar-refractivity contribution >= 4 is 0 Å². The molecule has 0 spiro atoms. The van der Waals surface area contributed by atoms with E-state index in [1.165, 1.54) is 16.8 Å². The number of rotatable bonds is 1. The zero-order chi connectivity index (χ0) is 14.3. The highest BCUT2D eigenvalue weighted by molar-refractivity contribution is 5.45. The summed E-state index contributed by atoms with van der Waals surface area (Å²) in [5.41, 5.74) is 5.76. The smallest absolute Gasteiger partial charge is 0.0994 e. The molecule has 0 bridgehead atoms. The average Bonchev–Trinajstić information content (AvgIpc) is 2.89. The SMILES string of the molecule is Cc1cc(C2CCC(C)(C)c3n[nH]cc32)ccc1C#N. The Balaban J connectivity index is 2.05. The van der Waals surface area contributed by atoms with Gasteiger partial charge >= 0.3 is 0 Å². The number of aromatic nitrogens is 2. The van der Waals surface area contributed by atoms with Crippen molar-refractivity contribution in [2.75, 3.05) is 0 Å². The summed E-state index contributed by atoms with van der Waals surface area (Å²) < 4.78 is 0. The first-order valence-electron chi connectivity index (χ1n) is 7.08. The van der Waals surface area contributed by atoms with Crippen LogP contribution in [0.3, 0.4) is 0 Å². The monoisotopic (exact) mass is 265 g/mol. The number of hydrogen-bond acceptors (Lipinski definition) is 2. The van der Waals surface area contributed by atoms with Gasteiger partial charge in [-0.25, -0.2) is 0 Å². The van der Waals surface area contributed by atoms with Crippen molar-refractivity contribution in [1.29, 1.82) is 5.26 Å². The van der Waals surface area contributed by atoms with Crippen LogP contribution in [0.2, 0.25) is 0 Å². The second kappa shape index (κ2) is 4.49. The first-order chi connectivity index (χ1) is 9.53. The largest absolute Gasteiger partial charge is 0.285 e. The second-order valence-corrected chi connectivity index (χ2v) is 6.35. The predicted molar refractivity (Wildman–Crippen MR) is 78.6 cm³/mol. The van der Waals surface area contributed by atoms with Crippen molar-refractivity contribution in [1.82, 2.24) is 10.2 Å². The van der Waals surface area contributed by atoms with Crippen LogP contribution in [0.25, 0.3) is 0 Å². The fraction of sp³-hybridized carbons (Fsp3) is 0.412. The lowest BCUT2D eigenvalue weighted by Crippen LogP contribution is -2.26. The highest BCUT2D eigenvalue weighted by Gasteiger charge is 2.35. The number of nitriles is 1. The van der Waals surface area contributed by atoms with E-state index >= 15 is 0 Å². The number of nitrogens with one attached hydrogen (secondary N) is 1. The Morgan fingerprint density at radius 2 is 2.20 bits per heavy atom. The van der Waals surface area contributed by atoms with Crippen molar-refractivity contribution in [3.8, 4) is 6.07 Å². The van der Waals surface area contributed by atoms with Crippen LogP contribution in [0.4, 0.5) is 0 Å². The van der Waals surface area contributed by atoms with Crippen LogP contribution < -0.4 is 0 Å². The van der Waals surface area contributed by atoms with Crippen LogP contribution in [0.1, 0.15) is 60.6 Å². The van der Waals surface area contributed by atoms with E-state index in [0.717, 1.165) is 24.0 Å². The van der Waals surface area contributed by atoms with Crippen molar-refractivity contribution in [2.24, 2.45) is 0 Å². The number of H-pyrrole nitrogens is 1. The minimum Gasteiger partial charge on any atom is -0.285 e. The third-order valence-electron chi connectivity index (χ3n) is 4.52. The zero-order valence-electron chi connectivity index (χ0n) is 12.2. The molecule has 0 fully saturated rings. The van der Waals surface area contributed by atoms with Crippen molar-refractivity contribution in [3.63, 3.8) is 0 Å². The maximum atomic E-state index is 9.05. The Hall–Kier alpha value is -2.08. The van der Waals surface area contributed by atoms with Gasteiger partial charge in [0.25, 0.3) is 0 Å². The first kappa shape index (κ1) is 12.9. The summed E-state index contributed by atoms with van der Waals surface area (Å²) in [6.07, 6.45) is 4.30. The maximum Gasteiger partial charge on any atom is 0.0994 e. The van der Waals surface area contributed by atoms with Gasteiger partial charge in [-0.3, -0.25) is 5.10 Å². The molecule has 2 aromatic rings. The van der Waals surface area contributed by atoms with Crippen molar-refractivity contribution in [2.45, 2.75) is 44.9 Å². The molecule has 1 unspecified atom stereocenters. The normalized spacial score (nSPS) is 20.2. The molecular formula is C17H19N3. The molecule has 20 heavy (non-hydrogen) atoms. The highest BCUT2D eigenvalue weighted by Crippen LogP contribution is 2.44. The third-order valence-corrected chi connectivity index (χ3v) is 4.52. The van der Waals surface area contributed by atoms with Gasteiger partial charge in [-0.2, -0.15) is 10.4 Å². The van der Waals surface area contributed by atoms with E-state index in [1.54, 1.807) is 0 Å². The van der Waals surface area contributed by atoms with Gasteiger partial charge in [-0.05, 0) is 37.0 Å². The van der Waals surface area contributed by atoms with Gasteiger partial charge in [0.15, 0.2) is 0 Å².